The number of carbonyl (C=O) groups is 1. The number of Topliss-reactive ketones (excluding diaryl/α,β-unsaturated/α-hetero) is 1. The summed E-state index contributed by atoms with van der Waals surface area (Å²) >= 11 is 0. The number of carbonyl (C=O) groups excluding carboxylic acids is 2. The molecular weight excluding hydrogens is 289 g/mol. The summed E-state index contributed by atoms with van der Waals surface area (Å²) in [5.74, 6) is 0.817. The molecule has 0 bridgehead atoms. The third-order valence-corrected chi connectivity index (χ3v) is 2.82. The fourth-order valence-electron chi connectivity index (χ4n) is 1.84. The molecule has 1 saturated carbocycles. The molecule has 0 aromatic heterocycles. The number of ketones is 1. The summed E-state index contributed by atoms with van der Waals surface area (Å²) in [6, 6.07) is 8.90. The van der Waals surface area contributed by atoms with Crippen molar-refractivity contribution in [2.75, 3.05) is 0 Å². The maximum Gasteiger partial charge on any atom is 0.132 e. The molecule has 1 radical (unpaired) electrons. The van der Waals surface area contributed by atoms with Gasteiger partial charge in [-0.2, -0.15) is 17.7 Å². The van der Waals surface area contributed by atoms with Crippen LogP contribution in [0.4, 0.5) is 0 Å². The van der Waals surface area contributed by atoms with Gasteiger partial charge in [0.05, 0.1) is 6.29 Å². The Morgan fingerprint density at radius 2 is 1.71 bits per heavy atom. The summed E-state index contributed by atoms with van der Waals surface area (Å²) in [7, 11) is 0. The van der Waals surface area contributed by atoms with Crippen LogP contribution in [0.25, 0.3) is 0 Å². The van der Waals surface area contributed by atoms with E-state index in [1.807, 2.05) is 6.07 Å². The molecule has 0 amide bonds. The molecule has 1 aromatic rings. The van der Waals surface area contributed by atoms with Crippen molar-refractivity contribution in [1.82, 2.24) is 0 Å². The first-order chi connectivity index (χ1) is 7.74. The Morgan fingerprint density at radius 3 is 2.00 bits per heavy atom. The van der Waals surface area contributed by atoms with E-state index in [1.165, 1.54) is 12.8 Å². The van der Waals surface area contributed by atoms with Crippen LogP contribution >= 0.6 is 0 Å². The smallest absolute Gasteiger partial charge is 0.132 e. The molecule has 2 nitrogen and oxygen atoms in total. The number of rotatable bonds is 2. The molecule has 89 valence electrons. The Bertz CT molecular complexity index is 329. The normalized spacial score (nSPS) is 14.2. The van der Waals surface area contributed by atoms with Gasteiger partial charge in [0, 0.05) is 38.6 Å². The fourth-order valence-corrected chi connectivity index (χ4v) is 1.84. The zero-order valence-electron chi connectivity index (χ0n) is 10.2. The molecule has 0 atom stereocenters. The van der Waals surface area contributed by atoms with Crippen molar-refractivity contribution in [2.45, 2.75) is 32.6 Å². The monoisotopic (exact) mass is 306 g/mol. The first-order valence-corrected chi connectivity index (χ1v) is 5.67. The zero-order chi connectivity index (χ0) is 11.8. The van der Waals surface area contributed by atoms with Gasteiger partial charge in [0.25, 0.3) is 0 Å². The number of benzene rings is 1. The van der Waals surface area contributed by atoms with Crippen LogP contribution in [-0.2, 0) is 42.3 Å². The largest absolute Gasteiger partial charge is 0.376 e. The molecule has 0 N–H and O–H groups in total. The van der Waals surface area contributed by atoms with Gasteiger partial charge in [-0.15, -0.1) is 12.1 Å². The van der Waals surface area contributed by atoms with Gasteiger partial charge >= 0.3 is 0 Å². The fraction of sp³-hybridized carbons (Fsp3) is 0.429. The minimum atomic E-state index is 0. The van der Waals surface area contributed by atoms with E-state index < -0.39 is 0 Å². The van der Waals surface area contributed by atoms with Crippen molar-refractivity contribution in [1.29, 1.82) is 0 Å². The van der Waals surface area contributed by atoms with Crippen LogP contribution < -0.4 is 0 Å². The molecule has 0 aliphatic heterocycles. The van der Waals surface area contributed by atoms with E-state index in [9.17, 15) is 9.59 Å². The Kier molecular flexibility index (Phi) is 9.48. The second kappa shape index (κ2) is 9.67. The van der Waals surface area contributed by atoms with Crippen LogP contribution in [0.2, 0.25) is 0 Å². The van der Waals surface area contributed by atoms with Gasteiger partial charge in [-0.3, -0.25) is 4.79 Å². The van der Waals surface area contributed by atoms with Crippen LogP contribution in [-0.4, -0.2) is 12.1 Å². The molecule has 1 aliphatic rings. The number of hydrogen-bond acceptors (Lipinski definition) is 2. The first-order valence-electron chi connectivity index (χ1n) is 5.67. The van der Waals surface area contributed by atoms with Crippen molar-refractivity contribution in [2.24, 2.45) is 5.92 Å². The maximum atomic E-state index is 10.6. The molecule has 3 heteroatoms. The van der Waals surface area contributed by atoms with E-state index in [0.717, 1.165) is 12.8 Å². The molecule has 0 heterocycles. The summed E-state index contributed by atoms with van der Waals surface area (Å²) < 4.78 is 0. The summed E-state index contributed by atoms with van der Waals surface area (Å²) in [4.78, 5) is 20.5. The van der Waals surface area contributed by atoms with Crippen molar-refractivity contribution < 1.29 is 42.3 Å². The second-order valence-electron chi connectivity index (χ2n) is 4.06. The Hall–Kier alpha value is -0.336. The minimum absolute atomic E-state index is 0. The van der Waals surface area contributed by atoms with Gasteiger partial charge in [0.1, 0.15) is 5.78 Å². The first kappa shape index (κ1) is 16.7. The Balaban J connectivity index is 0.000000284. The van der Waals surface area contributed by atoms with E-state index in [1.54, 1.807) is 37.5 Å². The van der Waals surface area contributed by atoms with E-state index in [2.05, 4.69) is 0 Å². The van der Waals surface area contributed by atoms with Crippen molar-refractivity contribution in [3.05, 3.63) is 35.9 Å². The Labute approximate surface area is 128 Å². The van der Waals surface area contributed by atoms with E-state index in [0.29, 0.717) is 17.3 Å². The second-order valence-corrected chi connectivity index (χ2v) is 4.06. The van der Waals surface area contributed by atoms with Crippen LogP contribution in [0.3, 0.4) is 0 Å². The number of hydrogen-bond donors (Lipinski definition) is 0. The van der Waals surface area contributed by atoms with Gasteiger partial charge in [0.2, 0.25) is 0 Å². The molecule has 1 fully saturated rings. The molecule has 17 heavy (non-hydrogen) atoms. The van der Waals surface area contributed by atoms with E-state index in [-0.39, 0.29) is 32.7 Å². The molecule has 1 aliphatic carbocycles. The van der Waals surface area contributed by atoms with Crippen LogP contribution in [0, 0.1) is 5.92 Å². The molecular formula is C14H17O2Y-. The summed E-state index contributed by atoms with van der Waals surface area (Å²) in [5, 5.41) is 0. The predicted octanol–water partition coefficient (Wildman–Crippen LogP) is 2.91. The molecule has 0 saturated heterocycles. The van der Waals surface area contributed by atoms with Gasteiger partial charge in [-0.25, -0.2) is 0 Å². The maximum absolute atomic E-state index is 10.6. The molecule has 0 unspecified atom stereocenters. The third kappa shape index (κ3) is 6.85. The van der Waals surface area contributed by atoms with Gasteiger partial charge in [-0.1, -0.05) is 18.9 Å². The van der Waals surface area contributed by atoms with E-state index >= 15 is 0 Å². The van der Waals surface area contributed by atoms with Gasteiger partial charge < -0.3 is 4.79 Å². The standard InChI is InChI=1S/C7H12O.C7H5O.Y/c1-6(8)7-4-2-3-5-7;8-6-7-4-2-1-3-5-7;/h7H,2-5H2,1H3;1-5H;/q;-1;. The SMILES string of the molecule is CC(=O)C1CCCC1.O=[C-]c1ccccc1.[Y]. The summed E-state index contributed by atoms with van der Waals surface area (Å²) in [6.07, 6.45) is 6.61. The molecule has 0 spiro atoms. The topological polar surface area (TPSA) is 34.1 Å². The van der Waals surface area contributed by atoms with Gasteiger partial charge in [-0.05, 0) is 19.8 Å². The third-order valence-electron chi connectivity index (χ3n) is 2.82. The molecule has 1 aromatic carbocycles. The van der Waals surface area contributed by atoms with Gasteiger partial charge in [0.15, 0.2) is 0 Å². The zero-order valence-corrected chi connectivity index (χ0v) is 13.0. The van der Waals surface area contributed by atoms with E-state index in [4.69, 9.17) is 0 Å². The van der Waals surface area contributed by atoms with Crippen LogP contribution in [0.15, 0.2) is 30.3 Å². The quantitative estimate of drug-likeness (QED) is 0.787. The average molecular weight is 306 g/mol. The van der Waals surface area contributed by atoms with Crippen LogP contribution in [0.5, 0.6) is 0 Å². The predicted molar refractivity (Wildman–Crippen MR) is 63.9 cm³/mol. The van der Waals surface area contributed by atoms with Crippen molar-refractivity contribution in [3.63, 3.8) is 0 Å². The Morgan fingerprint density at radius 1 is 1.18 bits per heavy atom. The summed E-state index contributed by atoms with van der Waals surface area (Å²) in [5.41, 5.74) is 0.604. The van der Waals surface area contributed by atoms with Crippen molar-refractivity contribution in [3.8, 4) is 0 Å². The van der Waals surface area contributed by atoms with Crippen LogP contribution in [0.1, 0.15) is 38.2 Å². The molecule has 2 rings (SSSR count). The summed E-state index contributed by atoms with van der Waals surface area (Å²) in [6.45, 7) is 1.70. The average Bonchev–Trinajstić information content (AvgIpc) is 2.85. The van der Waals surface area contributed by atoms with Crippen molar-refractivity contribution >= 4 is 12.1 Å². The minimum Gasteiger partial charge on any atom is -0.376 e.